The molecular formula is C22H33F3O. The van der Waals surface area contributed by atoms with Gasteiger partial charge in [-0.1, -0.05) is 74.1 Å². The lowest BCUT2D eigenvalue weighted by atomic mass is 10.1. The molecule has 0 saturated carbocycles. The first kappa shape index (κ1) is 24.5. The quantitative estimate of drug-likeness (QED) is 0.253. The molecule has 1 unspecified atom stereocenters. The highest BCUT2D eigenvalue weighted by Crippen LogP contribution is 2.23. The first-order valence-electron chi connectivity index (χ1n) is 9.48. The fourth-order valence-corrected chi connectivity index (χ4v) is 2.13. The van der Waals surface area contributed by atoms with Gasteiger partial charge in [0.25, 0.3) is 0 Å². The second-order valence-corrected chi connectivity index (χ2v) is 6.05. The highest BCUT2D eigenvalue weighted by molar-refractivity contribution is 5.00. The summed E-state index contributed by atoms with van der Waals surface area (Å²) in [6, 6.07) is 0. The Hall–Kier alpha value is -1.55. The van der Waals surface area contributed by atoms with Crippen molar-refractivity contribution in [2.24, 2.45) is 0 Å². The number of halogens is 3. The van der Waals surface area contributed by atoms with Crippen LogP contribution in [0.3, 0.4) is 0 Å². The van der Waals surface area contributed by atoms with E-state index in [0.29, 0.717) is 12.8 Å². The van der Waals surface area contributed by atoms with E-state index in [2.05, 4.69) is 55.5 Å². The van der Waals surface area contributed by atoms with Crippen LogP contribution in [0.15, 0.2) is 60.8 Å². The molecule has 0 aliphatic rings. The zero-order chi connectivity index (χ0) is 19.5. The van der Waals surface area contributed by atoms with Crippen LogP contribution >= 0.6 is 0 Å². The Morgan fingerprint density at radius 1 is 0.692 bits per heavy atom. The molecule has 26 heavy (non-hydrogen) atoms. The van der Waals surface area contributed by atoms with Gasteiger partial charge in [0.15, 0.2) is 0 Å². The van der Waals surface area contributed by atoms with Crippen molar-refractivity contribution in [3.8, 4) is 0 Å². The van der Waals surface area contributed by atoms with Crippen molar-refractivity contribution >= 4 is 0 Å². The van der Waals surface area contributed by atoms with Crippen LogP contribution in [0.25, 0.3) is 0 Å². The minimum absolute atomic E-state index is 0.214. The Labute approximate surface area is 156 Å². The molecule has 0 bridgehead atoms. The van der Waals surface area contributed by atoms with Gasteiger partial charge in [0.05, 0.1) is 0 Å². The number of hydrogen-bond donors (Lipinski definition) is 1. The Morgan fingerprint density at radius 2 is 1.12 bits per heavy atom. The van der Waals surface area contributed by atoms with Crippen LogP contribution < -0.4 is 0 Å². The highest BCUT2D eigenvalue weighted by atomic mass is 19.4. The number of aliphatic hydroxyl groups excluding tert-OH is 1. The highest BCUT2D eigenvalue weighted by Gasteiger charge is 2.37. The average Bonchev–Trinajstić information content (AvgIpc) is 2.59. The van der Waals surface area contributed by atoms with E-state index in [0.717, 1.165) is 38.5 Å². The van der Waals surface area contributed by atoms with Crippen molar-refractivity contribution in [1.29, 1.82) is 0 Å². The molecule has 0 saturated heterocycles. The number of aliphatic hydroxyl groups is 1. The summed E-state index contributed by atoms with van der Waals surface area (Å²) in [7, 11) is 0. The first-order valence-corrected chi connectivity index (χ1v) is 9.48. The Morgan fingerprint density at radius 3 is 1.54 bits per heavy atom. The summed E-state index contributed by atoms with van der Waals surface area (Å²) < 4.78 is 36.3. The van der Waals surface area contributed by atoms with Crippen molar-refractivity contribution in [3.63, 3.8) is 0 Å². The molecule has 0 aliphatic heterocycles. The zero-order valence-electron chi connectivity index (χ0n) is 15.8. The van der Waals surface area contributed by atoms with E-state index >= 15 is 0 Å². The van der Waals surface area contributed by atoms with Crippen molar-refractivity contribution < 1.29 is 18.3 Å². The molecule has 0 aromatic heterocycles. The molecular weight excluding hydrogens is 337 g/mol. The lowest BCUT2D eigenvalue weighted by molar-refractivity contribution is -0.205. The fourth-order valence-electron chi connectivity index (χ4n) is 2.13. The second-order valence-electron chi connectivity index (χ2n) is 6.05. The van der Waals surface area contributed by atoms with Gasteiger partial charge >= 0.3 is 6.18 Å². The van der Waals surface area contributed by atoms with Crippen LogP contribution in [-0.4, -0.2) is 17.4 Å². The van der Waals surface area contributed by atoms with E-state index in [1.54, 1.807) is 0 Å². The van der Waals surface area contributed by atoms with Gasteiger partial charge in [-0.3, -0.25) is 0 Å². The molecule has 0 radical (unpaired) electrons. The largest absolute Gasteiger partial charge is 0.414 e. The van der Waals surface area contributed by atoms with Gasteiger partial charge in [0.1, 0.15) is 6.10 Å². The molecule has 0 rings (SSSR count). The number of rotatable bonds is 14. The molecule has 0 heterocycles. The van der Waals surface area contributed by atoms with Gasteiger partial charge in [0, 0.05) is 0 Å². The molecule has 148 valence electrons. The number of allylic oxidation sites excluding steroid dienone is 10. The van der Waals surface area contributed by atoms with Gasteiger partial charge in [-0.25, -0.2) is 0 Å². The van der Waals surface area contributed by atoms with Gasteiger partial charge in [-0.15, -0.1) is 0 Å². The molecule has 0 aliphatic carbocycles. The maximum Gasteiger partial charge on any atom is 0.414 e. The van der Waals surface area contributed by atoms with Crippen LogP contribution in [0.2, 0.25) is 0 Å². The van der Waals surface area contributed by atoms with E-state index < -0.39 is 12.3 Å². The van der Waals surface area contributed by atoms with Crippen molar-refractivity contribution in [2.45, 2.75) is 77.0 Å². The Balaban J connectivity index is 3.53. The Bertz CT molecular complexity index is 456. The van der Waals surface area contributed by atoms with Crippen molar-refractivity contribution in [3.05, 3.63) is 60.8 Å². The molecule has 0 amide bonds. The van der Waals surface area contributed by atoms with Crippen molar-refractivity contribution in [2.75, 3.05) is 0 Å². The smallest absolute Gasteiger partial charge is 0.384 e. The lowest BCUT2D eigenvalue weighted by Gasteiger charge is -2.13. The predicted molar refractivity (Wildman–Crippen MR) is 105 cm³/mol. The summed E-state index contributed by atoms with van der Waals surface area (Å²) in [5, 5.41) is 8.86. The SMILES string of the molecule is CCC=CCC=CCC=CCC=CCC=CCCCCC(O)C(F)(F)F. The van der Waals surface area contributed by atoms with Crippen LogP contribution in [0.4, 0.5) is 13.2 Å². The molecule has 0 aromatic rings. The van der Waals surface area contributed by atoms with Crippen LogP contribution in [0.1, 0.15) is 64.7 Å². The van der Waals surface area contributed by atoms with Crippen LogP contribution in [-0.2, 0) is 0 Å². The fraction of sp³-hybridized carbons (Fsp3) is 0.545. The van der Waals surface area contributed by atoms with E-state index in [1.807, 2.05) is 12.2 Å². The summed E-state index contributed by atoms with van der Waals surface area (Å²) in [6.07, 6.45) is 20.8. The first-order chi connectivity index (χ1) is 12.5. The number of unbranched alkanes of at least 4 members (excludes halogenated alkanes) is 2. The van der Waals surface area contributed by atoms with E-state index in [9.17, 15) is 13.2 Å². The maximum atomic E-state index is 12.1. The molecule has 1 atom stereocenters. The van der Waals surface area contributed by atoms with Gasteiger partial charge in [-0.2, -0.15) is 13.2 Å². The van der Waals surface area contributed by atoms with Gasteiger partial charge in [-0.05, 0) is 51.4 Å². The summed E-state index contributed by atoms with van der Waals surface area (Å²) >= 11 is 0. The third-order valence-corrected chi connectivity index (χ3v) is 3.63. The minimum Gasteiger partial charge on any atom is -0.384 e. The van der Waals surface area contributed by atoms with Crippen LogP contribution in [0.5, 0.6) is 0 Å². The summed E-state index contributed by atoms with van der Waals surface area (Å²) in [5.41, 5.74) is 0. The maximum absolute atomic E-state index is 12.1. The second kappa shape index (κ2) is 16.9. The van der Waals surface area contributed by atoms with E-state index in [1.165, 1.54) is 0 Å². The monoisotopic (exact) mass is 370 g/mol. The van der Waals surface area contributed by atoms with Crippen LogP contribution in [0, 0.1) is 0 Å². The molecule has 4 heteroatoms. The summed E-state index contributed by atoms with van der Waals surface area (Å²) in [5.74, 6) is 0. The summed E-state index contributed by atoms with van der Waals surface area (Å²) in [6.45, 7) is 2.13. The molecule has 1 nitrogen and oxygen atoms in total. The third kappa shape index (κ3) is 17.3. The van der Waals surface area contributed by atoms with Gasteiger partial charge < -0.3 is 5.11 Å². The minimum atomic E-state index is -4.49. The van der Waals surface area contributed by atoms with E-state index in [4.69, 9.17) is 5.11 Å². The molecule has 0 aromatic carbocycles. The number of alkyl halides is 3. The third-order valence-electron chi connectivity index (χ3n) is 3.63. The van der Waals surface area contributed by atoms with Crippen molar-refractivity contribution in [1.82, 2.24) is 0 Å². The summed E-state index contributed by atoms with van der Waals surface area (Å²) in [4.78, 5) is 0. The molecule has 0 fully saturated rings. The molecule has 0 spiro atoms. The topological polar surface area (TPSA) is 20.2 Å². The normalized spacial score (nSPS) is 14.8. The van der Waals surface area contributed by atoms with Gasteiger partial charge in [0.2, 0.25) is 0 Å². The predicted octanol–water partition coefficient (Wildman–Crippen LogP) is 7.22. The van der Waals surface area contributed by atoms with E-state index in [-0.39, 0.29) is 6.42 Å². The molecule has 1 N–H and O–H groups in total. The Kier molecular flexibility index (Phi) is 15.9. The lowest BCUT2D eigenvalue weighted by Crippen LogP contribution is -2.28. The average molecular weight is 370 g/mol. The number of hydrogen-bond acceptors (Lipinski definition) is 1. The standard InChI is InChI=1S/C22H33F3O/c1-2-3-4-5-6-7-8-9-10-11-12-13-14-15-16-17-18-19-20-21(26)22(23,24)25/h3-4,6-7,9-10,12-13,15-16,21,26H,2,5,8,11,14,17-20H2,1H3. The zero-order valence-corrected chi connectivity index (χ0v) is 15.8.